The minimum atomic E-state index is -1.35. The van der Waals surface area contributed by atoms with Crippen molar-refractivity contribution in [2.75, 3.05) is 27.1 Å². The molecule has 0 saturated carbocycles. The van der Waals surface area contributed by atoms with Crippen LogP contribution in [-0.2, 0) is 10.8 Å². The van der Waals surface area contributed by atoms with Gasteiger partial charge < -0.3 is 14.6 Å². The molecule has 3 heterocycles. The van der Waals surface area contributed by atoms with Gasteiger partial charge in [0.2, 0.25) is 0 Å². The van der Waals surface area contributed by atoms with E-state index in [1.54, 1.807) is 0 Å². The monoisotopic (exact) mass is 805 g/mol. The van der Waals surface area contributed by atoms with E-state index in [2.05, 4.69) is 237 Å². The number of fused-ring (bicyclic) bond motifs is 8. The van der Waals surface area contributed by atoms with Crippen LogP contribution in [0, 0.1) is 0 Å². The summed E-state index contributed by atoms with van der Waals surface area (Å²) in [5, 5.41) is 0. The Balaban J connectivity index is 1.25. The van der Waals surface area contributed by atoms with E-state index >= 15 is 0 Å². The second kappa shape index (κ2) is 12.8. The Kier molecular flexibility index (Phi) is 7.64. The third kappa shape index (κ3) is 4.96. The zero-order valence-electron chi connectivity index (χ0n) is 35.6. The third-order valence-corrected chi connectivity index (χ3v) is 17.2. The van der Waals surface area contributed by atoms with Gasteiger partial charge in [0.1, 0.15) is 0 Å². The molecule has 5 heteroatoms. The molecule has 0 saturated heterocycles. The minimum absolute atomic E-state index is 0.0624. The zero-order valence-corrected chi connectivity index (χ0v) is 36.5. The summed E-state index contributed by atoms with van der Waals surface area (Å²) in [6, 6.07) is 68.6. The Morgan fingerprint density at radius 2 is 1.02 bits per heavy atom. The first kappa shape index (κ1) is 36.4. The highest BCUT2D eigenvalue weighted by Gasteiger charge is 2.50. The molecule has 0 atom stereocenters. The molecule has 61 heavy (non-hydrogen) atoms. The van der Waals surface area contributed by atoms with Crippen molar-refractivity contribution in [1.29, 1.82) is 0 Å². The quantitative estimate of drug-likeness (QED) is 0.164. The molecule has 8 aromatic rings. The van der Waals surface area contributed by atoms with E-state index in [0.717, 1.165) is 17.1 Å². The maximum absolute atomic E-state index is 2.69. The molecule has 0 radical (unpaired) electrons. The Labute approximate surface area is 362 Å². The van der Waals surface area contributed by atoms with Crippen LogP contribution in [0.4, 0.5) is 45.5 Å². The second-order valence-electron chi connectivity index (χ2n) is 18.6. The molecule has 296 valence electrons. The SMILES string of the molecule is CC1(C)c2ccccc2C(C)(C)c2cc3c(cc21)-c1cc(N(c2ccccc2)c2ccccc2)cc2c1B(c1cccc4c1N2c1ccccc1S4(C)C)N3c1ccccc1. The fourth-order valence-corrected chi connectivity index (χ4v) is 13.8. The summed E-state index contributed by atoms with van der Waals surface area (Å²) in [5.74, 6) is 0. The van der Waals surface area contributed by atoms with Crippen molar-refractivity contribution in [3.63, 3.8) is 0 Å². The van der Waals surface area contributed by atoms with E-state index in [-0.39, 0.29) is 17.7 Å². The molecule has 0 spiro atoms. The molecule has 0 N–H and O–H groups in total. The third-order valence-electron chi connectivity index (χ3n) is 14.3. The lowest BCUT2D eigenvalue weighted by Gasteiger charge is -2.52. The summed E-state index contributed by atoms with van der Waals surface area (Å²) in [6.07, 6.45) is 4.98. The number of para-hydroxylation sites is 5. The van der Waals surface area contributed by atoms with Gasteiger partial charge in [-0.1, -0.05) is 131 Å². The van der Waals surface area contributed by atoms with Crippen molar-refractivity contribution in [2.24, 2.45) is 0 Å². The summed E-state index contributed by atoms with van der Waals surface area (Å²) < 4.78 is 0. The maximum atomic E-state index is 2.69. The van der Waals surface area contributed by atoms with Gasteiger partial charge in [0.05, 0.1) is 11.4 Å². The van der Waals surface area contributed by atoms with E-state index in [1.807, 2.05) is 0 Å². The Morgan fingerprint density at radius 1 is 0.459 bits per heavy atom. The second-order valence-corrected chi connectivity index (χ2v) is 22.1. The predicted octanol–water partition coefficient (Wildman–Crippen LogP) is 13.6. The van der Waals surface area contributed by atoms with Crippen molar-refractivity contribution in [3.05, 3.63) is 204 Å². The van der Waals surface area contributed by atoms with Crippen molar-refractivity contribution in [3.8, 4) is 11.1 Å². The summed E-state index contributed by atoms with van der Waals surface area (Å²) in [7, 11) is -1.35. The fraction of sp³-hybridized carbons (Fsp3) is 0.143. The number of benzene rings is 8. The van der Waals surface area contributed by atoms with Gasteiger partial charge >= 0.3 is 6.85 Å². The summed E-state index contributed by atoms with van der Waals surface area (Å²) >= 11 is 0. The molecule has 3 aliphatic heterocycles. The van der Waals surface area contributed by atoms with E-state index in [1.165, 1.54) is 82.5 Å². The van der Waals surface area contributed by atoms with Crippen LogP contribution >= 0.6 is 10.0 Å². The van der Waals surface area contributed by atoms with E-state index in [4.69, 9.17) is 0 Å². The molecule has 0 bridgehead atoms. The number of hydrogen-bond donors (Lipinski definition) is 0. The molecule has 12 rings (SSSR count). The predicted molar refractivity (Wildman–Crippen MR) is 262 cm³/mol. The molecule has 0 amide bonds. The Morgan fingerprint density at radius 3 is 1.67 bits per heavy atom. The lowest BCUT2D eigenvalue weighted by Crippen LogP contribution is -2.62. The van der Waals surface area contributed by atoms with Crippen LogP contribution in [-0.4, -0.2) is 19.4 Å². The van der Waals surface area contributed by atoms with Crippen molar-refractivity contribution < 1.29 is 0 Å². The van der Waals surface area contributed by atoms with Crippen LogP contribution in [0.1, 0.15) is 49.9 Å². The van der Waals surface area contributed by atoms with Crippen LogP contribution in [0.15, 0.2) is 192 Å². The highest BCUT2D eigenvalue weighted by atomic mass is 32.3. The summed E-state index contributed by atoms with van der Waals surface area (Å²) in [4.78, 5) is 10.6. The normalized spacial score (nSPS) is 16.9. The minimum Gasteiger partial charge on any atom is -0.376 e. The smallest absolute Gasteiger partial charge is 0.333 e. The zero-order chi connectivity index (χ0) is 41.4. The first-order chi connectivity index (χ1) is 29.6. The van der Waals surface area contributed by atoms with Crippen molar-refractivity contribution in [1.82, 2.24) is 0 Å². The summed E-state index contributed by atoms with van der Waals surface area (Å²) in [5.41, 5.74) is 20.2. The van der Waals surface area contributed by atoms with E-state index in [9.17, 15) is 0 Å². The Bertz CT molecular complexity index is 3050. The first-order valence-electron chi connectivity index (χ1n) is 21.5. The molecule has 0 unspecified atom stereocenters. The molecule has 4 aliphatic rings. The average Bonchev–Trinajstić information content (AvgIpc) is 3.29. The molecular weight excluding hydrogens is 758 g/mol. The van der Waals surface area contributed by atoms with Gasteiger partial charge in [0.15, 0.2) is 0 Å². The lowest BCUT2D eigenvalue weighted by molar-refractivity contribution is 0.521. The molecule has 8 aromatic carbocycles. The highest BCUT2D eigenvalue weighted by molar-refractivity contribution is 8.33. The van der Waals surface area contributed by atoms with Crippen molar-refractivity contribution in [2.45, 2.75) is 48.3 Å². The van der Waals surface area contributed by atoms with Crippen LogP contribution in [0.3, 0.4) is 0 Å². The van der Waals surface area contributed by atoms with Crippen molar-refractivity contribution >= 4 is 73.3 Å². The van der Waals surface area contributed by atoms with Gasteiger partial charge in [-0.3, -0.25) is 0 Å². The molecule has 0 fully saturated rings. The van der Waals surface area contributed by atoms with E-state index in [0.29, 0.717) is 0 Å². The number of nitrogens with zero attached hydrogens (tertiary/aromatic N) is 3. The number of hydrogen-bond acceptors (Lipinski definition) is 3. The fourth-order valence-electron chi connectivity index (χ4n) is 11.4. The molecule has 3 nitrogen and oxygen atoms in total. The lowest BCUT2D eigenvalue weighted by atomic mass is 9.43. The molecule has 0 aromatic heterocycles. The van der Waals surface area contributed by atoms with Crippen LogP contribution in [0.25, 0.3) is 11.1 Å². The largest absolute Gasteiger partial charge is 0.376 e. The van der Waals surface area contributed by atoms with Gasteiger partial charge in [-0.05, 0) is 130 Å². The van der Waals surface area contributed by atoms with Gasteiger partial charge in [0, 0.05) is 60.3 Å². The average molecular weight is 806 g/mol. The first-order valence-corrected chi connectivity index (χ1v) is 24.0. The Hall–Kier alpha value is -6.43. The van der Waals surface area contributed by atoms with Gasteiger partial charge in [0.25, 0.3) is 0 Å². The van der Waals surface area contributed by atoms with Gasteiger partial charge in [-0.25, -0.2) is 0 Å². The van der Waals surface area contributed by atoms with Gasteiger partial charge in [-0.15, -0.1) is 0 Å². The summed E-state index contributed by atoms with van der Waals surface area (Å²) in [6.45, 7) is 9.65. The topological polar surface area (TPSA) is 9.72 Å². The van der Waals surface area contributed by atoms with E-state index < -0.39 is 10.0 Å². The van der Waals surface area contributed by atoms with Crippen LogP contribution < -0.4 is 25.5 Å². The molecular formula is C56H48BN3S. The molecule has 1 aliphatic carbocycles. The standard InChI is InChI=1S/C56H48BN3S/c1-55(2)43-27-16-17-28-44(43)56(3,4)46-36-49-41(35-45(46)55)42-33-40(58(37-21-10-7-11-22-37)38-23-12-8-13-24-38)34-50-53(42)57(60(49)39-25-14-9-15-26-39)47-29-20-32-52-54(47)59(50)48-30-18-19-31-51(48)61(52,5)6/h7-36H,1-6H3. The number of anilines is 8. The number of rotatable bonds is 4. The van der Waals surface area contributed by atoms with Gasteiger partial charge in [-0.2, -0.15) is 10.0 Å². The van der Waals surface area contributed by atoms with Crippen LogP contribution in [0.2, 0.25) is 0 Å². The van der Waals surface area contributed by atoms with Crippen LogP contribution in [0.5, 0.6) is 0 Å². The highest BCUT2D eigenvalue weighted by Crippen LogP contribution is 2.68. The maximum Gasteiger partial charge on any atom is 0.333 e.